The second kappa shape index (κ2) is 2.80. The van der Waals surface area contributed by atoms with E-state index < -0.39 is 0 Å². The van der Waals surface area contributed by atoms with Gasteiger partial charge in [0.25, 0.3) is 0 Å². The Morgan fingerprint density at radius 2 is 2.09 bits per heavy atom. The molecule has 11 heavy (non-hydrogen) atoms. The third kappa shape index (κ3) is 1.62. The van der Waals surface area contributed by atoms with Crippen LogP contribution in [0.25, 0.3) is 0 Å². The first kappa shape index (κ1) is 7.88. The summed E-state index contributed by atoms with van der Waals surface area (Å²) in [6.45, 7) is 2.05. The summed E-state index contributed by atoms with van der Waals surface area (Å²) in [5.74, 6) is 0.341. The molecule has 0 aromatic rings. The van der Waals surface area contributed by atoms with E-state index in [1.165, 1.54) is 0 Å². The second-order valence-corrected chi connectivity index (χ2v) is 2.77. The first-order valence-electron chi connectivity index (χ1n) is 3.59. The van der Waals surface area contributed by atoms with Gasteiger partial charge in [0, 0.05) is 0 Å². The van der Waals surface area contributed by atoms with Gasteiger partial charge >= 0.3 is 0 Å². The summed E-state index contributed by atoms with van der Waals surface area (Å²) >= 11 is 0. The maximum Gasteiger partial charge on any atom is 0.174 e. The topological polar surface area (TPSA) is 79.7 Å². The highest BCUT2D eigenvalue weighted by atomic mass is 14.8. The number of quaternary nitrogens is 1. The molecule has 1 aliphatic carbocycles. The van der Waals surface area contributed by atoms with Crippen molar-refractivity contribution in [2.24, 2.45) is 17.4 Å². The van der Waals surface area contributed by atoms with Gasteiger partial charge in [-0.25, -0.2) is 0 Å². The van der Waals surface area contributed by atoms with Crippen LogP contribution < -0.4 is 17.2 Å². The van der Waals surface area contributed by atoms with Gasteiger partial charge in [0.1, 0.15) is 0 Å². The van der Waals surface area contributed by atoms with Crippen LogP contribution in [0, 0.1) is 5.92 Å². The summed E-state index contributed by atoms with van der Waals surface area (Å²) in [7, 11) is 0. The van der Waals surface area contributed by atoms with Crippen molar-refractivity contribution in [3.63, 3.8) is 0 Å². The van der Waals surface area contributed by atoms with Crippen LogP contribution >= 0.6 is 0 Å². The highest BCUT2D eigenvalue weighted by Crippen LogP contribution is 2.11. The van der Waals surface area contributed by atoms with Gasteiger partial charge in [0.2, 0.25) is 0 Å². The summed E-state index contributed by atoms with van der Waals surface area (Å²) < 4.78 is 0. The van der Waals surface area contributed by atoms with Crippen LogP contribution in [0.15, 0.2) is 35.3 Å². The number of allylic oxidation sites excluding steroid dienone is 3. The van der Waals surface area contributed by atoms with Crippen molar-refractivity contribution < 1.29 is 5.73 Å². The molecule has 3 heteroatoms. The molecule has 7 N–H and O–H groups in total. The number of rotatable bonds is 0. The molecule has 3 nitrogen and oxygen atoms in total. The molecule has 0 fully saturated rings. The molecule has 1 atom stereocenters. The molecule has 0 heterocycles. The average Bonchev–Trinajstić information content (AvgIpc) is 2.05. The number of hydrogen-bond acceptors (Lipinski definition) is 2. The molecule has 1 unspecified atom stereocenters. The Hall–Kier alpha value is -1.22. The van der Waals surface area contributed by atoms with Gasteiger partial charge in [0.15, 0.2) is 5.70 Å². The van der Waals surface area contributed by atoms with Gasteiger partial charge < -0.3 is 17.2 Å². The monoisotopic (exact) mass is 152 g/mol. The lowest BCUT2D eigenvalue weighted by atomic mass is 10.1. The fourth-order valence-corrected chi connectivity index (χ4v) is 0.962. The zero-order chi connectivity index (χ0) is 8.43. The predicted octanol–water partition coefficient (Wildman–Crippen LogP) is -0.553. The molecule has 0 saturated carbocycles. The van der Waals surface area contributed by atoms with Gasteiger partial charge in [-0.2, -0.15) is 0 Å². The highest BCUT2D eigenvalue weighted by Gasteiger charge is 2.08. The van der Waals surface area contributed by atoms with Crippen LogP contribution in [-0.4, -0.2) is 0 Å². The molecule has 1 rings (SSSR count). The quantitative estimate of drug-likeness (QED) is 0.435. The third-order valence-electron chi connectivity index (χ3n) is 1.72. The van der Waals surface area contributed by atoms with E-state index in [1.54, 1.807) is 0 Å². The first-order valence-corrected chi connectivity index (χ1v) is 3.59. The van der Waals surface area contributed by atoms with Gasteiger partial charge in [-0.05, 0) is 18.1 Å². The second-order valence-electron chi connectivity index (χ2n) is 2.77. The first-order chi connectivity index (χ1) is 5.11. The molecule has 0 aromatic heterocycles. The van der Waals surface area contributed by atoms with Crippen molar-refractivity contribution in [1.82, 2.24) is 0 Å². The minimum absolute atomic E-state index is 0.341. The Kier molecular flexibility index (Phi) is 2.01. The minimum atomic E-state index is 0.341. The summed E-state index contributed by atoms with van der Waals surface area (Å²) in [6.07, 6.45) is 5.79. The van der Waals surface area contributed by atoms with Crippen LogP contribution in [0.4, 0.5) is 0 Å². The fourth-order valence-electron chi connectivity index (χ4n) is 0.962. The van der Waals surface area contributed by atoms with Crippen molar-refractivity contribution in [3.05, 3.63) is 35.3 Å². The molecule has 0 saturated heterocycles. The fraction of sp³-hybridized carbons (Fsp3) is 0.250. The average molecular weight is 152 g/mol. The van der Waals surface area contributed by atoms with E-state index >= 15 is 0 Å². The van der Waals surface area contributed by atoms with Crippen LogP contribution in [0.1, 0.15) is 6.92 Å². The van der Waals surface area contributed by atoms with E-state index in [0.717, 1.165) is 5.70 Å². The predicted molar refractivity (Wildman–Crippen MR) is 44.7 cm³/mol. The van der Waals surface area contributed by atoms with Crippen LogP contribution in [0.2, 0.25) is 0 Å². The largest absolute Gasteiger partial charge is 0.394 e. The Morgan fingerprint density at radius 3 is 2.73 bits per heavy atom. The molecule has 60 valence electrons. The van der Waals surface area contributed by atoms with E-state index in [0.29, 0.717) is 17.3 Å². The molecular formula is C8H14N3+. The molecule has 0 spiro atoms. The van der Waals surface area contributed by atoms with Crippen LogP contribution in [-0.2, 0) is 0 Å². The maximum absolute atomic E-state index is 5.68. The van der Waals surface area contributed by atoms with Crippen LogP contribution in [0.5, 0.6) is 0 Å². The summed E-state index contributed by atoms with van der Waals surface area (Å²) in [6, 6.07) is 0. The Morgan fingerprint density at radius 1 is 1.45 bits per heavy atom. The standard InChI is InChI=1S/C8H13N3/c1-5-2-3-6(9)8(11)7(10)4-5/h2-5H,9-11H2,1H3/p+1. The highest BCUT2D eigenvalue weighted by molar-refractivity contribution is 5.34. The Balaban J connectivity index is 3.06. The van der Waals surface area contributed by atoms with Crippen molar-refractivity contribution in [2.75, 3.05) is 0 Å². The van der Waals surface area contributed by atoms with Gasteiger partial charge in [-0.15, -0.1) is 0 Å². The lowest BCUT2D eigenvalue weighted by molar-refractivity contribution is -0.299. The zero-order valence-corrected chi connectivity index (χ0v) is 6.67. The lowest BCUT2D eigenvalue weighted by Gasteiger charge is -1.98. The van der Waals surface area contributed by atoms with E-state index in [-0.39, 0.29) is 0 Å². The Labute approximate surface area is 66.2 Å². The summed E-state index contributed by atoms with van der Waals surface area (Å²) in [5, 5.41) is 0. The number of hydrogen-bond donors (Lipinski definition) is 3. The molecule has 0 aromatic carbocycles. The van der Waals surface area contributed by atoms with Crippen molar-refractivity contribution in [1.29, 1.82) is 0 Å². The molecular weight excluding hydrogens is 138 g/mol. The van der Waals surface area contributed by atoms with E-state index in [1.807, 2.05) is 18.2 Å². The lowest BCUT2D eigenvalue weighted by Crippen LogP contribution is -2.51. The van der Waals surface area contributed by atoms with Crippen LogP contribution in [0.3, 0.4) is 0 Å². The molecule has 0 radical (unpaired) electrons. The van der Waals surface area contributed by atoms with Crippen molar-refractivity contribution in [2.45, 2.75) is 6.92 Å². The minimum Gasteiger partial charge on any atom is -0.394 e. The van der Waals surface area contributed by atoms with E-state index in [4.69, 9.17) is 11.5 Å². The maximum atomic E-state index is 5.68. The van der Waals surface area contributed by atoms with E-state index in [9.17, 15) is 0 Å². The Bertz CT molecular complexity index is 248. The molecule has 0 bridgehead atoms. The molecule has 0 amide bonds. The smallest absolute Gasteiger partial charge is 0.174 e. The van der Waals surface area contributed by atoms with Gasteiger partial charge in [0.05, 0.1) is 11.4 Å². The summed E-state index contributed by atoms with van der Waals surface area (Å²) in [5.41, 5.74) is 17.1. The summed E-state index contributed by atoms with van der Waals surface area (Å²) in [4.78, 5) is 0. The van der Waals surface area contributed by atoms with Gasteiger partial charge in [-0.1, -0.05) is 13.0 Å². The van der Waals surface area contributed by atoms with E-state index in [2.05, 4.69) is 12.7 Å². The molecule has 1 aliphatic rings. The van der Waals surface area contributed by atoms with Gasteiger partial charge in [-0.3, -0.25) is 0 Å². The third-order valence-corrected chi connectivity index (χ3v) is 1.72. The SMILES string of the molecule is CC1C=CC(N)=C([NH3+])C(N)=C1. The van der Waals surface area contributed by atoms with Crippen molar-refractivity contribution in [3.8, 4) is 0 Å². The zero-order valence-electron chi connectivity index (χ0n) is 6.67. The molecule has 0 aliphatic heterocycles. The normalized spacial score (nSPS) is 24.9. The van der Waals surface area contributed by atoms with Crippen molar-refractivity contribution >= 4 is 0 Å². The number of nitrogens with two attached hydrogens (primary N) is 2.